The third-order valence-corrected chi connectivity index (χ3v) is 3.10. The zero-order valence-corrected chi connectivity index (χ0v) is 11.4. The number of hydrogen-bond acceptors (Lipinski definition) is 1. The first kappa shape index (κ1) is 15.2. The fraction of sp³-hybridized carbons (Fsp3) is 0.462. The van der Waals surface area contributed by atoms with Crippen molar-refractivity contribution in [2.24, 2.45) is 0 Å². The number of hydrogen-bond donors (Lipinski definition) is 0. The lowest BCUT2D eigenvalue weighted by Crippen LogP contribution is -2.06. The summed E-state index contributed by atoms with van der Waals surface area (Å²) in [5, 5.41) is 0.766. The largest absolute Gasteiger partial charge is 0.416 e. The van der Waals surface area contributed by atoms with E-state index >= 15 is 0 Å². The highest BCUT2D eigenvalue weighted by Crippen LogP contribution is 2.29. The lowest BCUT2D eigenvalue weighted by Gasteiger charge is -2.08. The predicted octanol–water partition coefficient (Wildman–Crippen LogP) is 4.38. The van der Waals surface area contributed by atoms with Gasteiger partial charge in [0.15, 0.2) is 0 Å². The Kier molecular flexibility index (Phi) is 5.85. The van der Waals surface area contributed by atoms with Crippen LogP contribution in [0, 0.1) is 0 Å². The topological polar surface area (TPSA) is 17.1 Å². The van der Waals surface area contributed by atoms with Crippen LogP contribution in [0.15, 0.2) is 24.3 Å². The van der Waals surface area contributed by atoms with E-state index < -0.39 is 11.7 Å². The van der Waals surface area contributed by atoms with E-state index in [1.807, 2.05) is 0 Å². The molecule has 0 amide bonds. The average molecular weight is 323 g/mol. The molecule has 0 aliphatic heterocycles. The summed E-state index contributed by atoms with van der Waals surface area (Å²) in [6, 6.07) is 5.14. The molecule has 100 valence electrons. The number of alkyl halides is 4. The van der Waals surface area contributed by atoms with Crippen molar-refractivity contribution < 1.29 is 18.0 Å². The summed E-state index contributed by atoms with van der Waals surface area (Å²) in [5.41, 5.74) is -0.107. The normalized spacial score (nSPS) is 11.6. The first-order valence-electron chi connectivity index (χ1n) is 5.67. The van der Waals surface area contributed by atoms with Crippen LogP contribution < -0.4 is 0 Å². The Hall–Kier alpha value is -0.840. The number of Topliss-reactive ketones (excluding diaryl/α,β-unsaturated/α-hetero) is 1. The van der Waals surface area contributed by atoms with E-state index in [9.17, 15) is 18.0 Å². The predicted molar refractivity (Wildman–Crippen MR) is 67.8 cm³/mol. The highest BCUT2D eigenvalue weighted by molar-refractivity contribution is 9.09. The van der Waals surface area contributed by atoms with Gasteiger partial charge in [-0.15, -0.1) is 0 Å². The molecule has 0 unspecified atom stereocenters. The minimum atomic E-state index is -4.32. The minimum Gasteiger partial charge on any atom is -0.300 e. The summed E-state index contributed by atoms with van der Waals surface area (Å²) in [5.74, 6) is 0.0897. The van der Waals surface area contributed by atoms with Gasteiger partial charge in [0.05, 0.1) is 5.56 Å². The van der Waals surface area contributed by atoms with Gasteiger partial charge in [0, 0.05) is 18.2 Å². The number of aryl methyl sites for hydroxylation is 1. The number of carbonyl (C=O) groups excluding carboxylic acids is 1. The zero-order chi connectivity index (χ0) is 13.6. The summed E-state index contributed by atoms with van der Waals surface area (Å²) in [4.78, 5) is 11.4. The molecule has 0 bridgehead atoms. The zero-order valence-electron chi connectivity index (χ0n) is 9.77. The second kappa shape index (κ2) is 6.92. The first-order chi connectivity index (χ1) is 8.43. The van der Waals surface area contributed by atoms with Crippen molar-refractivity contribution in [2.45, 2.75) is 31.9 Å². The van der Waals surface area contributed by atoms with Crippen LogP contribution in [0.25, 0.3) is 0 Å². The van der Waals surface area contributed by atoms with Crippen LogP contribution in [0.4, 0.5) is 13.2 Å². The molecule has 1 aromatic rings. The number of halogens is 4. The molecule has 0 aliphatic carbocycles. The quantitative estimate of drug-likeness (QED) is 0.710. The molecule has 0 N–H and O–H groups in total. The first-order valence-corrected chi connectivity index (χ1v) is 6.79. The van der Waals surface area contributed by atoms with Gasteiger partial charge in [0.1, 0.15) is 5.78 Å². The maximum atomic E-state index is 12.5. The van der Waals surface area contributed by atoms with Crippen molar-refractivity contribution in [1.29, 1.82) is 0 Å². The number of rotatable bonds is 6. The standard InChI is InChI=1S/C13H14BrF3O/c14-8-2-5-12(18)7-6-10-3-1-4-11(9-10)13(15,16)17/h1,3-4,9H,2,5-8H2. The molecule has 0 aromatic heterocycles. The smallest absolute Gasteiger partial charge is 0.300 e. The van der Waals surface area contributed by atoms with Crippen LogP contribution in [0.2, 0.25) is 0 Å². The second-order valence-corrected chi connectivity index (χ2v) is 4.82. The Morgan fingerprint density at radius 2 is 1.94 bits per heavy atom. The molecular formula is C13H14BrF3O. The van der Waals surface area contributed by atoms with E-state index in [0.717, 1.165) is 23.9 Å². The number of benzene rings is 1. The Morgan fingerprint density at radius 3 is 2.56 bits per heavy atom. The van der Waals surface area contributed by atoms with Crippen LogP contribution in [-0.2, 0) is 17.4 Å². The van der Waals surface area contributed by atoms with Gasteiger partial charge in [-0.05, 0) is 24.5 Å². The molecule has 0 spiro atoms. The average Bonchev–Trinajstić information content (AvgIpc) is 2.33. The summed E-state index contributed by atoms with van der Waals surface area (Å²) in [6.07, 6.45) is -2.42. The van der Waals surface area contributed by atoms with Crippen molar-refractivity contribution in [2.75, 3.05) is 5.33 Å². The molecule has 0 saturated carbocycles. The van der Waals surface area contributed by atoms with Gasteiger partial charge in [0.25, 0.3) is 0 Å². The Labute approximate surface area is 113 Å². The molecule has 5 heteroatoms. The molecule has 1 rings (SSSR count). The number of ketones is 1. The van der Waals surface area contributed by atoms with Crippen LogP contribution in [0.5, 0.6) is 0 Å². The summed E-state index contributed by atoms with van der Waals surface area (Å²) < 4.78 is 37.4. The highest BCUT2D eigenvalue weighted by Gasteiger charge is 2.30. The maximum absolute atomic E-state index is 12.5. The van der Waals surface area contributed by atoms with Gasteiger partial charge < -0.3 is 0 Å². The number of carbonyl (C=O) groups is 1. The van der Waals surface area contributed by atoms with E-state index in [0.29, 0.717) is 24.8 Å². The monoisotopic (exact) mass is 322 g/mol. The lowest BCUT2D eigenvalue weighted by atomic mass is 10.0. The van der Waals surface area contributed by atoms with Crippen molar-refractivity contribution in [3.63, 3.8) is 0 Å². The van der Waals surface area contributed by atoms with Gasteiger partial charge in [-0.1, -0.05) is 34.1 Å². The second-order valence-electron chi connectivity index (χ2n) is 4.03. The molecule has 18 heavy (non-hydrogen) atoms. The fourth-order valence-electron chi connectivity index (χ4n) is 1.58. The Bertz CT molecular complexity index is 401. The van der Waals surface area contributed by atoms with Gasteiger partial charge in [0.2, 0.25) is 0 Å². The van der Waals surface area contributed by atoms with Crippen molar-refractivity contribution in [3.8, 4) is 0 Å². The van der Waals surface area contributed by atoms with Crippen molar-refractivity contribution >= 4 is 21.7 Å². The summed E-state index contributed by atoms with van der Waals surface area (Å²) >= 11 is 3.23. The van der Waals surface area contributed by atoms with Gasteiger partial charge >= 0.3 is 6.18 Å². The van der Waals surface area contributed by atoms with Gasteiger partial charge in [-0.3, -0.25) is 4.79 Å². The molecule has 0 aliphatic rings. The fourth-order valence-corrected chi connectivity index (χ4v) is 1.86. The highest BCUT2D eigenvalue weighted by atomic mass is 79.9. The third-order valence-electron chi connectivity index (χ3n) is 2.54. The Morgan fingerprint density at radius 1 is 1.22 bits per heavy atom. The molecular weight excluding hydrogens is 309 g/mol. The van der Waals surface area contributed by atoms with Crippen molar-refractivity contribution in [3.05, 3.63) is 35.4 Å². The maximum Gasteiger partial charge on any atom is 0.416 e. The molecule has 0 radical (unpaired) electrons. The Balaban J connectivity index is 2.55. The molecule has 1 nitrogen and oxygen atoms in total. The SMILES string of the molecule is O=C(CCCBr)CCc1cccc(C(F)(F)F)c1. The van der Waals surface area contributed by atoms with Crippen LogP contribution in [0.3, 0.4) is 0 Å². The van der Waals surface area contributed by atoms with E-state index in [-0.39, 0.29) is 5.78 Å². The van der Waals surface area contributed by atoms with E-state index in [1.54, 1.807) is 6.07 Å². The van der Waals surface area contributed by atoms with Crippen LogP contribution >= 0.6 is 15.9 Å². The summed E-state index contributed by atoms with van der Waals surface area (Å²) in [6.45, 7) is 0. The minimum absolute atomic E-state index is 0.0897. The van der Waals surface area contributed by atoms with Crippen LogP contribution in [-0.4, -0.2) is 11.1 Å². The third kappa shape index (κ3) is 5.21. The van der Waals surface area contributed by atoms with Crippen molar-refractivity contribution in [1.82, 2.24) is 0 Å². The van der Waals surface area contributed by atoms with E-state index in [2.05, 4.69) is 15.9 Å². The van der Waals surface area contributed by atoms with Crippen LogP contribution in [0.1, 0.15) is 30.4 Å². The summed E-state index contributed by atoms with van der Waals surface area (Å²) in [7, 11) is 0. The van der Waals surface area contributed by atoms with E-state index in [4.69, 9.17) is 0 Å². The molecule has 0 heterocycles. The lowest BCUT2D eigenvalue weighted by molar-refractivity contribution is -0.137. The van der Waals surface area contributed by atoms with E-state index in [1.165, 1.54) is 6.07 Å². The molecule has 0 fully saturated rings. The molecule has 1 aromatic carbocycles. The van der Waals surface area contributed by atoms with Gasteiger partial charge in [-0.25, -0.2) is 0 Å². The molecule has 0 atom stereocenters. The van der Waals surface area contributed by atoms with Gasteiger partial charge in [-0.2, -0.15) is 13.2 Å². The molecule has 0 saturated heterocycles.